The highest BCUT2D eigenvalue weighted by atomic mass is 35.5. The Morgan fingerprint density at radius 2 is 1.90 bits per heavy atom. The van der Waals surface area contributed by atoms with Crippen LogP contribution in [0.3, 0.4) is 0 Å². The van der Waals surface area contributed by atoms with Gasteiger partial charge in [0.25, 0.3) is 5.91 Å². The lowest BCUT2D eigenvalue weighted by atomic mass is 10.1. The van der Waals surface area contributed by atoms with Crippen LogP contribution >= 0.6 is 11.6 Å². The molecule has 0 aliphatic rings. The van der Waals surface area contributed by atoms with Crippen molar-refractivity contribution in [3.63, 3.8) is 0 Å². The summed E-state index contributed by atoms with van der Waals surface area (Å²) >= 11 is 6.15. The van der Waals surface area contributed by atoms with Crippen molar-refractivity contribution >= 4 is 23.5 Å². The van der Waals surface area contributed by atoms with E-state index >= 15 is 0 Å². The number of amides is 3. The predicted octanol–water partition coefficient (Wildman–Crippen LogP) is 1.84. The Balaban J connectivity index is 2.74. The molecule has 0 aliphatic carbocycles. The lowest BCUT2D eigenvalue weighted by Crippen LogP contribution is -2.44. The monoisotopic (exact) mass is 313 g/mol. The fraction of sp³-hybridized carbons (Fsp3) is 0.429. The van der Waals surface area contributed by atoms with E-state index in [-0.39, 0.29) is 6.04 Å². The van der Waals surface area contributed by atoms with E-state index in [1.54, 1.807) is 19.1 Å². The Hall–Kier alpha value is -1.79. The highest BCUT2D eigenvalue weighted by Gasteiger charge is 2.18. The minimum absolute atomic E-state index is 0.158. The molecule has 2 atom stereocenters. The summed E-state index contributed by atoms with van der Waals surface area (Å²) in [7, 11) is 3.28. The second-order valence-corrected chi connectivity index (χ2v) is 4.94. The maximum atomic E-state index is 11.7. The molecule has 6 nitrogen and oxygen atoms in total. The van der Waals surface area contributed by atoms with Crippen molar-refractivity contribution in [2.24, 2.45) is 0 Å². The molecule has 0 bridgehead atoms. The highest BCUT2D eigenvalue weighted by molar-refractivity contribution is 6.32. The second kappa shape index (κ2) is 7.85. The molecule has 0 saturated heterocycles. The Morgan fingerprint density at radius 1 is 1.24 bits per heavy atom. The number of nitrogens with one attached hydrogen (secondary N) is 3. The maximum Gasteiger partial charge on any atom is 0.321 e. The van der Waals surface area contributed by atoms with Gasteiger partial charge in [-0.25, -0.2) is 4.79 Å². The molecule has 1 rings (SSSR count). The first-order valence-electron chi connectivity index (χ1n) is 6.55. The van der Waals surface area contributed by atoms with Crippen LogP contribution in [0.15, 0.2) is 18.2 Å². The van der Waals surface area contributed by atoms with Gasteiger partial charge in [0.1, 0.15) is 5.75 Å². The Morgan fingerprint density at radius 3 is 2.43 bits per heavy atom. The summed E-state index contributed by atoms with van der Waals surface area (Å²) in [6.07, 6.45) is -0.840. The molecule has 1 aromatic carbocycles. The fourth-order valence-electron chi connectivity index (χ4n) is 1.57. The predicted molar refractivity (Wildman–Crippen MR) is 81.6 cm³/mol. The third-order valence-electron chi connectivity index (χ3n) is 3.03. The largest absolute Gasteiger partial charge is 0.479 e. The van der Waals surface area contributed by atoms with E-state index in [0.29, 0.717) is 10.8 Å². The fourth-order valence-corrected chi connectivity index (χ4v) is 1.80. The van der Waals surface area contributed by atoms with E-state index in [1.165, 1.54) is 7.05 Å². The average Bonchev–Trinajstić information content (AvgIpc) is 2.47. The molecule has 21 heavy (non-hydrogen) atoms. The molecule has 0 fully saturated rings. The molecule has 3 N–H and O–H groups in total. The van der Waals surface area contributed by atoms with Gasteiger partial charge in [0.15, 0.2) is 6.10 Å². The SMILES string of the molecule is CNC(=O)NC(=O)C(C)Oc1ccc(C(C)NC)cc1Cl. The first kappa shape index (κ1) is 17.3. The topological polar surface area (TPSA) is 79.5 Å². The summed E-state index contributed by atoms with van der Waals surface area (Å²) in [5.74, 6) is -0.152. The molecule has 0 radical (unpaired) electrons. The number of urea groups is 1. The first-order valence-corrected chi connectivity index (χ1v) is 6.92. The van der Waals surface area contributed by atoms with Crippen molar-refractivity contribution in [2.75, 3.05) is 14.1 Å². The van der Waals surface area contributed by atoms with E-state index in [1.807, 2.05) is 20.0 Å². The summed E-state index contributed by atoms with van der Waals surface area (Å²) in [5.41, 5.74) is 1.01. The second-order valence-electron chi connectivity index (χ2n) is 4.53. The first-order chi connectivity index (χ1) is 9.88. The van der Waals surface area contributed by atoms with Crippen LogP contribution in [0.1, 0.15) is 25.5 Å². The molecule has 0 saturated carbocycles. The molecule has 116 valence electrons. The van der Waals surface area contributed by atoms with Gasteiger partial charge in [0.2, 0.25) is 0 Å². The Bertz CT molecular complexity index is 522. The van der Waals surface area contributed by atoms with Gasteiger partial charge in [0.05, 0.1) is 5.02 Å². The minimum atomic E-state index is -0.840. The standard InChI is InChI=1S/C14H20ClN3O3/c1-8(16-3)10-5-6-12(11(15)7-10)21-9(2)13(19)18-14(20)17-4/h5-9,16H,1-4H3,(H2,17,18,19,20). The average molecular weight is 314 g/mol. The smallest absolute Gasteiger partial charge is 0.321 e. The lowest BCUT2D eigenvalue weighted by molar-refractivity contribution is -0.126. The number of carbonyl (C=O) groups excluding carboxylic acids is 2. The molecule has 0 heterocycles. The minimum Gasteiger partial charge on any atom is -0.479 e. The van der Waals surface area contributed by atoms with Crippen molar-refractivity contribution in [1.82, 2.24) is 16.0 Å². The molecule has 7 heteroatoms. The lowest BCUT2D eigenvalue weighted by Gasteiger charge is -2.17. The quantitative estimate of drug-likeness (QED) is 0.775. The molecular formula is C14H20ClN3O3. The number of imide groups is 1. The summed E-state index contributed by atoms with van der Waals surface area (Å²) in [5, 5.41) is 7.95. The zero-order chi connectivity index (χ0) is 16.0. The van der Waals surface area contributed by atoms with Gasteiger partial charge in [0, 0.05) is 13.1 Å². The Labute approximate surface area is 129 Å². The number of carbonyl (C=O) groups is 2. The van der Waals surface area contributed by atoms with E-state index < -0.39 is 18.0 Å². The van der Waals surface area contributed by atoms with Gasteiger partial charge in [-0.05, 0) is 38.6 Å². The molecule has 3 amide bonds. The number of ether oxygens (including phenoxy) is 1. The van der Waals surface area contributed by atoms with Crippen LogP contribution in [-0.4, -0.2) is 32.1 Å². The van der Waals surface area contributed by atoms with Crippen LogP contribution in [0, 0.1) is 0 Å². The number of halogens is 1. The third-order valence-corrected chi connectivity index (χ3v) is 3.32. The van der Waals surface area contributed by atoms with Crippen LogP contribution in [0.2, 0.25) is 5.02 Å². The Kier molecular flexibility index (Phi) is 6.45. The number of rotatable bonds is 5. The van der Waals surface area contributed by atoms with Gasteiger partial charge < -0.3 is 15.4 Å². The summed E-state index contributed by atoms with van der Waals surface area (Å²) in [6, 6.07) is 4.92. The van der Waals surface area contributed by atoms with Crippen molar-refractivity contribution in [3.8, 4) is 5.75 Å². The zero-order valence-electron chi connectivity index (χ0n) is 12.5. The van der Waals surface area contributed by atoms with Crippen LogP contribution in [0.4, 0.5) is 4.79 Å². The van der Waals surface area contributed by atoms with Crippen molar-refractivity contribution in [3.05, 3.63) is 28.8 Å². The molecule has 0 aromatic heterocycles. The molecule has 0 aliphatic heterocycles. The number of hydrogen-bond acceptors (Lipinski definition) is 4. The van der Waals surface area contributed by atoms with Crippen LogP contribution in [-0.2, 0) is 4.79 Å². The molecular weight excluding hydrogens is 294 g/mol. The van der Waals surface area contributed by atoms with E-state index in [2.05, 4.69) is 16.0 Å². The summed E-state index contributed by atoms with van der Waals surface area (Å²) < 4.78 is 5.48. The van der Waals surface area contributed by atoms with Gasteiger partial charge in [-0.3, -0.25) is 10.1 Å². The van der Waals surface area contributed by atoms with Gasteiger partial charge >= 0.3 is 6.03 Å². The summed E-state index contributed by atoms with van der Waals surface area (Å²) in [6.45, 7) is 3.55. The van der Waals surface area contributed by atoms with E-state index in [4.69, 9.17) is 16.3 Å². The maximum absolute atomic E-state index is 11.7. The van der Waals surface area contributed by atoms with E-state index in [9.17, 15) is 9.59 Å². The third kappa shape index (κ3) is 4.91. The zero-order valence-corrected chi connectivity index (χ0v) is 13.2. The van der Waals surface area contributed by atoms with Crippen LogP contribution in [0.5, 0.6) is 5.75 Å². The molecule has 0 spiro atoms. The normalized spacial score (nSPS) is 13.2. The molecule has 2 unspecified atom stereocenters. The van der Waals surface area contributed by atoms with Crippen molar-refractivity contribution in [1.29, 1.82) is 0 Å². The van der Waals surface area contributed by atoms with Crippen molar-refractivity contribution < 1.29 is 14.3 Å². The summed E-state index contributed by atoms with van der Waals surface area (Å²) in [4.78, 5) is 22.8. The van der Waals surface area contributed by atoms with Crippen LogP contribution < -0.4 is 20.7 Å². The number of hydrogen-bond donors (Lipinski definition) is 3. The highest BCUT2D eigenvalue weighted by Crippen LogP contribution is 2.28. The number of benzene rings is 1. The van der Waals surface area contributed by atoms with Gasteiger partial charge in [-0.2, -0.15) is 0 Å². The van der Waals surface area contributed by atoms with E-state index in [0.717, 1.165) is 5.56 Å². The van der Waals surface area contributed by atoms with Crippen LogP contribution in [0.25, 0.3) is 0 Å². The van der Waals surface area contributed by atoms with Gasteiger partial charge in [-0.15, -0.1) is 0 Å². The molecule has 1 aromatic rings. The van der Waals surface area contributed by atoms with Crippen molar-refractivity contribution in [2.45, 2.75) is 26.0 Å². The van der Waals surface area contributed by atoms with Gasteiger partial charge in [-0.1, -0.05) is 17.7 Å².